The molecule has 0 spiro atoms. The number of hydrogen-bond acceptors (Lipinski definition) is 3. The highest BCUT2D eigenvalue weighted by Crippen LogP contribution is 2.27. The van der Waals surface area contributed by atoms with E-state index in [1.807, 2.05) is 0 Å². The molecule has 0 saturated carbocycles. The molecule has 1 atom stereocenters. The summed E-state index contributed by atoms with van der Waals surface area (Å²) in [5, 5.41) is 3.14. The van der Waals surface area contributed by atoms with Gasteiger partial charge in [0, 0.05) is 36.1 Å². The van der Waals surface area contributed by atoms with E-state index in [1.54, 1.807) is 18.2 Å². The molecule has 2 N–H and O–H groups in total. The van der Waals surface area contributed by atoms with Gasteiger partial charge in [0.05, 0.1) is 0 Å². The first-order chi connectivity index (χ1) is 11.2. The van der Waals surface area contributed by atoms with E-state index in [4.69, 9.17) is 0 Å². The van der Waals surface area contributed by atoms with Crippen molar-refractivity contribution in [2.75, 3.05) is 19.6 Å². The minimum absolute atomic E-state index is 0.0930. The molecule has 2 aromatic rings. The van der Waals surface area contributed by atoms with Gasteiger partial charge in [0.1, 0.15) is 5.69 Å². The van der Waals surface area contributed by atoms with Crippen molar-refractivity contribution in [1.29, 1.82) is 0 Å². The first-order valence-corrected chi connectivity index (χ1v) is 8.03. The van der Waals surface area contributed by atoms with Gasteiger partial charge in [-0.25, -0.2) is 4.98 Å². The number of rotatable bonds is 3. The van der Waals surface area contributed by atoms with Crippen molar-refractivity contribution in [2.24, 2.45) is 5.92 Å². The monoisotopic (exact) mass is 314 g/mol. The number of nitrogens with one attached hydrogen (secondary N) is 2. The second-order valence-electron chi connectivity index (χ2n) is 6.37. The Morgan fingerprint density at radius 1 is 1.30 bits per heavy atom. The van der Waals surface area contributed by atoms with E-state index in [0.717, 1.165) is 32.5 Å². The zero-order valence-corrected chi connectivity index (χ0v) is 12.8. The molecule has 0 aliphatic carbocycles. The van der Waals surface area contributed by atoms with Gasteiger partial charge in [0.2, 0.25) is 5.95 Å². The van der Waals surface area contributed by atoms with Crippen LogP contribution in [0.25, 0.3) is 11.3 Å². The molecule has 2 aromatic heterocycles. The Bertz CT molecular complexity index is 721. The van der Waals surface area contributed by atoms with Crippen molar-refractivity contribution < 1.29 is 9.18 Å². The van der Waals surface area contributed by atoms with Crippen LogP contribution in [0.15, 0.2) is 30.5 Å². The summed E-state index contributed by atoms with van der Waals surface area (Å²) in [5.74, 6) is -0.0346. The number of fused-ring (bicyclic) bond motifs is 3. The van der Waals surface area contributed by atoms with Crippen molar-refractivity contribution >= 4 is 5.91 Å². The molecule has 5 nitrogen and oxygen atoms in total. The zero-order valence-electron chi connectivity index (χ0n) is 12.8. The number of aromatic amines is 1. The molecular weight excluding hydrogens is 295 g/mol. The lowest BCUT2D eigenvalue weighted by Crippen LogP contribution is -2.57. The molecular formula is C17H19FN4O. The maximum absolute atomic E-state index is 13.2. The molecule has 0 radical (unpaired) electrons. The fraction of sp³-hybridized carbons (Fsp3) is 0.412. The van der Waals surface area contributed by atoms with E-state index >= 15 is 0 Å². The second kappa shape index (κ2) is 5.77. The smallest absolute Gasteiger partial charge is 0.267 e. The predicted molar refractivity (Wildman–Crippen MR) is 84.4 cm³/mol. The summed E-state index contributed by atoms with van der Waals surface area (Å²) in [6.07, 6.45) is 3.74. The minimum Gasteiger partial charge on any atom is -0.351 e. The fourth-order valence-corrected chi connectivity index (χ4v) is 3.64. The second-order valence-corrected chi connectivity index (χ2v) is 6.37. The van der Waals surface area contributed by atoms with Crippen LogP contribution in [0.2, 0.25) is 0 Å². The Labute approximate surface area is 133 Å². The summed E-state index contributed by atoms with van der Waals surface area (Å²) in [6.45, 7) is 3.24. The molecule has 1 unspecified atom stereocenters. The van der Waals surface area contributed by atoms with Gasteiger partial charge < -0.3 is 15.2 Å². The van der Waals surface area contributed by atoms with Crippen LogP contribution >= 0.6 is 0 Å². The fourth-order valence-electron chi connectivity index (χ4n) is 3.64. The van der Waals surface area contributed by atoms with Crippen LogP contribution < -0.4 is 5.32 Å². The summed E-state index contributed by atoms with van der Waals surface area (Å²) in [4.78, 5) is 21.5. The lowest BCUT2D eigenvalue weighted by atomic mass is 9.84. The average Bonchev–Trinajstić information content (AvgIpc) is 3.06. The zero-order chi connectivity index (χ0) is 15.8. The molecule has 3 fully saturated rings. The highest BCUT2D eigenvalue weighted by molar-refractivity contribution is 5.93. The number of H-pyrrole nitrogens is 1. The maximum Gasteiger partial charge on any atom is 0.267 e. The Morgan fingerprint density at radius 2 is 2.13 bits per heavy atom. The summed E-state index contributed by atoms with van der Waals surface area (Å²) >= 11 is 0. The summed E-state index contributed by atoms with van der Waals surface area (Å²) in [6, 6.07) is 6.82. The largest absolute Gasteiger partial charge is 0.351 e. The van der Waals surface area contributed by atoms with E-state index in [9.17, 15) is 9.18 Å². The van der Waals surface area contributed by atoms with Crippen molar-refractivity contribution in [1.82, 2.24) is 20.2 Å². The Balaban J connectivity index is 1.47. The molecule has 3 aliphatic heterocycles. The van der Waals surface area contributed by atoms with Crippen LogP contribution in [0.3, 0.4) is 0 Å². The van der Waals surface area contributed by atoms with Gasteiger partial charge in [-0.2, -0.15) is 4.39 Å². The third kappa shape index (κ3) is 2.86. The highest BCUT2D eigenvalue weighted by atomic mass is 19.1. The van der Waals surface area contributed by atoms with Crippen LogP contribution in [-0.4, -0.2) is 46.5 Å². The highest BCUT2D eigenvalue weighted by Gasteiger charge is 2.35. The van der Waals surface area contributed by atoms with Crippen molar-refractivity contribution in [3.63, 3.8) is 0 Å². The third-order valence-electron chi connectivity index (χ3n) is 4.94. The number of halogens is 1. The molecule has 1 amide bonds. The van der Waals surface area contributed by atoms with E-state index in [1.165, 1.54) is 12.3 Å². The lowest BCUT2D eigenvalue weighted by molar-refractivity contribution is 0.0618. The first-order valence-electron chi connectivity index (χ1n) is 8.03. The number of aromatic nitrogens is 2. The standard InChI is InChI=1S/C17H19FN4O/c18-16-9-12(3-6-19-16)13-1-2-14(20-13)17(23)21-15-10-22-7-4-11(15)5-8-22/h1-3,6,9,11,15,20H,4-5,7-8,10H2,(H,21,23). The predicted octanol–water partition coefficient (Wildman–Crippen LogP) is 2.04. The van der Waals surface area contributed by atoms with E-state index < -0.39 is 5.95 Å². The van der Waals surface area contributed by atoms with Crippen LogP contribution in [0.5, 0.6) is 0 Å². The van der Waals surface area contributed by atoms with Gasteiger partial charge >= 0.3 is 0 Å². The number of pyridine rings is 1. The van der Waals surface area contributed by atoms with Gasteiger partial charge in [0.25, 0.3) is 5.91 Å². The van der Waals surface area contributed by atoms with Gasteiger partial charge in [0.15, 0.2) is 0 Å². The number of hydrogen-bond donors (Lipinski definition) is 2. The number of amides is 1. The Morgan fingerprint density at radius 3 is 2.83 bits per heavy atom. The minimum atomic E-state index is -0.532. The van der Waals surface area contributed by atoms with Gasteiger partial charge in [-0.05, 0) is 50.0 Å². The van der Waals surface area contributed by atoms with Crippen LogP contribution in [0.4, 0.5) is 4.39 Å². The maximum atomic E-state index is 13.2. The van der Waals surface area contributed by atoms with Crippen molar-refractivity contribution in [2.45, 2.75) is 18.9 Å². The molecule has 23 heavy (non-hydrogen) atoms. The van der Waals surface area contributed by atoms with E-state index in [-0.39, 0.29) is 11.9 Å². The Kier molecular flexibility index (Phi) is 3.61. The summed E-state index contributed by atoms with van der Waals surface area (Å²) in [7, 11) is 0. The molecule has 3 saturated heterocycles. The molecule has 120 valence electrons. The molecule has 5 rings (SSSR count). The Hall–Kier alpha value is -2.21. The van der Waals surface area contributed by atoms with Gasteiger partial charge in [-0.3, -0.25) is 4.79 Å². The summed E-state index contributed by atoms with van der Waals surface area (Å²) < 4.78 is 13.2. The van der Waals surface area contributed by atoms with Crippen molar-refractivity contribution in [3.05, 3.63) is 42.1 Å². The van der Waals surface area contributed by atoms with Crippen LogP contribution in [0.1, 0.15) is 23.3 Å². The van der Waals surface area contributed by atoms with Gasteiger partial charge in [-0.15, -0.1) is 0 Å². The average molecular weight is 314 g/mol. The van der Waals surface area contributed by atoms with E-state index in [0.29, 0.717) is 22.9 Å². The molecule has 2 bridgehead atoms. The van der Waals surface area contributed by atoms with Gasteiger partial charge in [-0.1, -0.05) is 0 Å². The SMILES string of the molecule is O=C(NC1CN2CCC1CC2)c1ccc(-c2ccnc(F)c2)[nH]1. The van der Waals surface area contributed by atoms with E-state index in [2.05, 4.69) is 20.2 Å². The quantitative estimate of drug-likeness (QED) is 0.852. The van der Waals surface area contributed by atoms with Crippen molar-refractivity contribution in [3.8, 4) is 11.3 Å². The first kappa shape index (κ1) is 14.4. The number of carbonyl (C=O) groups excluding carboxylic acids is 1. The molecule has 6 heteroatoms. The van der Waals surface area contributed by atoms with Crippen LogP contribution in [-0.2, 0) is 0 Å². The number of carbonyl (C=O) groups is 1. The molecule has 5 heterocycles. The number of piperidine rings is 3. The lowest BCUT2D eigenvalue weighted by Gasteiger charge is -2.44. The topological polar surface area (TPSA) is 61.0 Å². The summed E-state index contributed by atoms with van der Waals surface area (Å²) in [5.41, 5.74) is 1.90. The normalized spacial score (nSPS) is 26.2. The van der Waals surface area contributed by atoms with Crippen LogP contribution in [0, 0.1) is 11.9 Å². The number of nitrogens with zero attached hydrogens (tertiary/aromatic N) is 2. The third-order valence-corrected chi connectivity index (χ3v) is 4.94. The molecule has 3 aliphatic rings. The molecule has 0 aromatic carbocycles.